The zero-order valence-electron chi connectivity index (χ0n) is 12.7. The smallest absolute Gasteiger partial charge is 0.170 e. The first-order valence-corrected chi connectivity index (χ1v) is 8.62. The molecule has 1 saturated heterocycles. The molecule has 0 aromatic heterocycles. The van der Waals surface area contributed by atoms with E-state index < -0.39 is 0 Å². The molecule has 6 rings (SSSR count). The maximum absolute atomic E-state index is 13.1. The molecule has 2 atom stereocenters. The second kappa shape index (κ2) is 4.35. The molecule has 4 saturated carbocycles. The van der Waals surface area contributed by atoms with Crippen LogP contribution < -0.4 is 0 Å². The van der Waals surface area contributed by atoms with Crippen LogP contribution in [0.3, 0.4) is 0 Å². The van der Waals surface area contributed by atoms with Crippen molar-refractivity contribution in [3.8, 4) is 5.75 Å². The van der Waals surface area contributed by atoms with Crippen molar-refractivity contribution < 1.29 is 14.6 Å². The summed E-state index contributed by atoms with van der Waals surface area (Å²) in [5.41, 5.74) is 0.950. The number of epoxide rings is 1. The largest absolute Gasteiger partial charge is 0.508 e. The molecule has 3 heteroatoms. The number of aromatic hydroxyl groups is 1. The third kappa shape index (κ3) is 1.88. The zero-order chi connectivity index (χ0) is 14.9. The van der Waals surface area contributed by atoms with E-state index in [4.69, 9.17) is 4.74 Å². The molecule has 116 valence electrons. The fourth-order valence-electron chi connectivity index (χ4n) is 5.94. The number of ketones is 1. The van der Waals surface area contributed by atoms with Crippen LogP contribution in [0.15, 0.2) is 24.3 Å². The highest BCUT2D eigenvalue weighted by Gasteiger charge is 2.60. The average molecular weight is 298 g/mol. The van der Waals surface area contributed by atoms with Crippen molar-refractivity contribution in [2.24, 2.45) is 23.2 Å². The topological polar surface area (TPSA) is 49.8 Å². The van der Waals surface area contributed by atoms with E-state index >= 15 is 0 Å². The molecule has 5 fully saturated rings. The lowest BCUT2D eigenvalue weighted by Crippen LogP contribution is -2.51. The minimum absolute atomic E-state index is 0.0644. The first kappa shape index (κ1) is 13.1. The number of phenolic OH excluding ortho intramolecular Hbond substituents is 1. The van der Waals surface area contributed by atoms with Crippen molar-refractivity contribution in [1.29, 1.82) is 0 Å². The summed E-state index contributed by atoms with van der Waals surface area (Å²) in [6, 6.07) is 7.08. The Morgan fingerprint density at radius 3 is 2.09 bits per heavy atom. The minimum atomic E-state index is -0.235. The van der Waals surface area contributed by atoms with Gasteiger partial charge in [-0.3, -0.25) is 4.79 Å². The summed E-state index contributed by atoms with van der Waals surface area (Å²) in [5.74, 6) is 3.02. The monoisotopic (exact) mass is 298 g/mol. The quantitative estimate of drug-likeness (QED) is 0.867. The molecule has 2 unspecified atom stereocenters. The van der Waals surface area contributed by atoms with E-state index in [1.54, 1.807) is 12.1 Å². The summed E-state index contributed by atoms with van der Waals surface area (Å²) in [6.45, 7) is 0. The Labute approximate surface area is 130 Å². The van der Waals surface area contributed by atoms with E-state index in [0.717, 1.165) is 42.6 Å². The van der Waals surface area contributed by atoms with Gasteiger partial charge < -0.3 is 9.84 Å². The first-order valence-electron chi connectivity index (χ1n) is 8.62. The highest BCUT2D eigenvalue weighted by molar-refractivity contribution is 5.92. The van der Waals surface area contributed by atoms with Crippen molar-refractivity contribution >= 4 is 5.78 Å². The van der Waals surface area contributed by atoms with Gasteiger partial charge in [-0.05, 0) is 74.0 Å². The number of carbonyl (C=O) groups is 1. The fraction of sp³-hybridized carbons (Fsp3) is 0.632. The number of ether oxygens (including phenoxy) is 1. The van der Waals surface area contributed by atoms with E-state index in [9.17, 15) is 9.90 Å². The second-order valence-corrected chi connectivity index (χ2v) is 8.13. The van der Waals surface area contributed by atoms with Crippen LogP contribution in [0, 0.1) is 23.2 Å². The Hall–Kier alpha value is -1.35. The number of benzene rings is 1. The predicted molar refractivity (Wildman–Crippen MR) is 81.3 cm³/mol. The maximum atomic E-state index is 13.1. The number of Topliss-reactive ketones (excluding diaryl/α,β-unsaturated/α-hetero) is 1. The standard InChI is InChI=1S/C19H22O3/c20-15-3-1-14(2-4-15)16-17(22-16)18(21)19-8-11-5-12(9-19)7-13(6-11)10-19/h1-4,11-13,16-17,20H,5-10H2. The number of hydrogen-bond acceptors (Lipinski definition) is 3. The fourth-order valence-corrected chi connectivity index (χ4v) is 5.94. The van der Waals surface area contributed by atoms with E-state index in [-0.39, 0.29) is 23.4 Å². The lowest BCUT2D eigenvalue weighted by atomic mass is 9.48. The molecule has 0 radical (unpaired) electrons. The summed E-state index contributed by atoms with van der Waals surface area (Å²) in [5, 5.41) is 9.38. The van der Waals surface area contributed by atoms with Crippen LogP contribution in [-0.4, -0.2) is 17.0 Å². The van der Waals surface area contributed by atoms with Crippen LogP contribution in [0.2, 0.25) is 0 Å². The van der Waals surface area contributed by atoms with Gasteiger partial charge >= 0.3 is 0 Å². The van der Waals surface area contributed by atoms with Gasteiger partial charge in [0.1, 0.15) is 18.0 Å². The minimum Gasteiger partial charge on any atom is -0.508 e. The Balaban J connectivity index is 1.36. The van der Waals surface area contributed by atoms with Crippen molar-refractivity contribution in [3.05, 3.63) is 29.8 Å². The first-order chi connectivity index (χ1) is 10.6. The number of rotatable bonds is 3. The lowest BCUT2D eigenvalue weighted by molar-refractivity contribution is -0.145. The van der Waals surface area contributed by atoms with Gasteiger partial charge in [0.15, 0.2) is 5.78 Å². The lowest BCUT2D eigenvalue weighted by Gasteiger charge is -2.55. The molecule has 1 aliphatic heterocycles. The molecule has 4 bridgehead atoms. The third-order valence-electron chi connectivity index (χ3n) is 6.53. The molecule has 3 nitrogen and oxygen atoms in total. The van der Waals surface area contributed by atoms with Crippen LogP contribution in [0.1, 0.15) is 50.2 Å². The van der Waals surface area contributed by atoms with Crippen LogP contribution >= 0.6 is 0 Å². The Morgan fingerprint density at radius 1 is 1.00 bits per heavy atom. The SMILES string of the molecule is O=C(C1OC1c1ccc(O)cc1)C12CC3CC(CC(C3)C1)C2. The van der Waals surface area contributed by atoms with Crippen LogP contribution in [0.4, 0.5) is 0 Å². The molecule has 1 heterocycles. The van der Waals surface area contributed by atoms with Crippen LogP contribution in [0.25, 0.3) is 0 Å². The Bertz CT molecular complexity index is 583. The maximum Gasteiger partial charge on any atom is 0.170 e. The molecule has 22 heavy (non-hydrogen) atoms. The number of hydrogen-bond donors (Lipinski definition) is 1. The van der Waals surface area contributed by atoms with Gasteiger partial charge in [-0.1, -0.05) is 12.1 Å². The molecule has 1 N–H and O–H groups in total. The van der Waals surface area contributed by atoms with Gasteiger partial charge in [0, 0.05) is 5.41 Å². The molecule has 1 aromatic rings. The molecular weight excluding hydrogens is 276 g/mol. The molecule has 0 amide bonds. The van der Waals surface area contributed by atoms with Gasteiger partial charge in [-0.25, -0.2) is 0 Å². The Morgan fingerprint density at radius 2 is 1.55 bits per heavy atom. The Kier molecular flexibility index (Phi) is 2.59. The van der Waals surface area contributed by atoms with Crippen molar-refractivity contribution in [2.75, 3.05) is 0 Å². The highest BCUT2D eigenvalue weighted by atomic mass is 16.6. The summed E-state index contributed by atoms with van der Waals surface area (Å²) in [6.07, 6.45) is 7.10. The highest BCUT2D eigenvalue weighted by Crippen LogP contribution is 2.62. The van der Waals surface area contributed by atoms with E-state index in [0.29, 0.717) is 5.78 Å². The predicted octanol–water partition coefficient (Wildman–Crippen LogP) is 3.62. The van der Waals surface area contributed by atoms with Crippen LogP contribution in [0.5, 0.6) is 5.75 Å². The second-order valence-electron chi connectivity index (χ2n) is 8.13. The van der Waals surface area contributed by atoms with Crippen molar-refractivity contribution in [3.63, 3.8) is 0 Å². The molecule has 5 aliphatic rings. The molecule has 0 spiro atoms. The van der Waals surface area contributed by atoms with Crippen LogP contribution in [-0.2, 0) is 9.53 Å². The third-order valence-corrected chi connectivity index (χ3v) is 6.53. The van der Waals surface area contributed by atoms with E-state index in [2.05, 4.69) is 0 Å². The number of phenols is 1. The summed E-state index contributed by atoms with van der Waals surface area (Å²) >= 11 is 0. The van der Waals surface area contributed by atoms with E-state index in [1.165, 1.54) is 19.3 Å². The van der Waals surface area contributed by atoms with Gasteiger partial charge in [0.05, 0.1) is 0 Å². The van der Waals surface area contributed by atoms with E-state index in [1.807, 2.05) is 12.1 Å². The van der Waals surface area contributed by atoms with Crippen molar-refractivity contribution in [2.45, 2.75) is 50.7 Å². The van der Waals surface area contributed by atoms with Gasteiger partial charge in [0.2, 0.25) is 0 Å². The molecule has 1 aromatic carbocycles. The summed E-state index contributed by atoms with van der Waals surface area (Å²) in [4.78, 5) is 13.1. The van der Waals surface area contributed by atoms with Gasteiger partial charge in [0.25, 0.3) is 0 Å². The summed E-state index contributed by atoms with van der Waals surface area (Å²) in [7, 11) is 0. The number of carbonyl (C=O) groups excluding carboxylic acids is 1. The zero-order valence-corrected chi connectivity index (χ0v) is 12.7. The van der Waals surface area contributed by atoms with Crippen molar-refractivity contribution in [1.82, 2.24) is 0 Å². The van der Waals surface area contributed by atoms with Gasteiger partial charge in [-0.2, -0.15) is 0 Å². The van der Waals surface area contributed by atoms with Gasteiger partial charge in [-0.15, -0.1) is 0 Å². The molecular formula is C19H22O3. The average Bonchev–Trinajstić information content (AvgIpc) is 3.26. The normalized spacial score (nSPS) is 45.0. The molecule has 4 aliphatic carbocycles. The summed E-state index contributed by atoms with van der Waals surface area (Å²) < 4.78 is 5.76.